The first kappa shape index (κ1) is 10.8. The van der Waals surface area contributed by atoms with E-state index in [4.69, 9.17) is 0 Å². The van der Waals surface area contributed by atoms with E-state index in [1.165, 1.54) is 0 Å². The Kier molecular flexibility index (Phi) is 2.25. The van der Waals surface area contributed by atoms with Gasteiger partial charge in [0.1, 0.15) is 0 Å². The number of fused-ring (bicyclic) bond motifs is 1. The number of benzene rings is 1. The molecule has 0 spiro atoms. The number of carbonyl (C=O) groups excluding carboxylic acids is 1. The maximum Gasteiger partial charge on any atom is 0.318 e. The number of aromatic amines is 1. The monoisotopic (exact) mass is 257 g/mol. The van der Waals surface area contributed by atoms with Gasteiger partial charge >= 0.3 is 6.03 Å². The number of hydrogen-bond donors (Lipinski definition) is 3. The summed E-state index contributed by atoms with van der Waals surface area (Å²) in [5.74, 6) is 0. The van der Waals surface area contributed by atoms with Gasteiger partial charge in [-0.1, -0.05) is 6.07 Å². The number of nitrogens with one attached hydrogen (secondary N) is 3. The fraction of sp³-hybridized carbons (Fsp3) is 0.385. The first-order valence-corrected chi connectivity index (χ1v) is 6.52. The molecule has 2 saturated heterocycles. The number of urea groups is 1. The maximum atomic E-state index is 12.0. The molecule has 6 heteroatoms. The molecule has 19 heavy (non-hydrogen) atoms. The van der Waals surface area contributed by atoms with Crippen LogP contribution < -0.4 is 10.6 Å². The van der Waals surface area contributed by atoms with Crippen molar-refractivity contribution < 1.29 is 4.79 Å². The number of imidazole rings is 1. The third-order valence-corrected chi connectivity index (χ3v) is 3.99. The van der Waals surface area contributed by atoms with Crippen LogP contribution in [0.5, 0.6) is 0 Å². The van der Waals surface area contributed by atoms with E-state index in [1.807, 2.05) is 17.0 Å². The summed E-state index contributed by atoms with van der Waals surface area (Å²) in [6.07, 6.45) is 1.69. The van der Waals surface area contributed by atoms with Crippen molar-refractivity contribution >= 4 is 17.1 Å². The summed E-state index contributed by atoms with van der Waals surface area (Å²) in [6.45, 7) is 2.55. The van der Waals surface area contributed by atoms with Crippen molar-refractivity contribution in [1.29, 1.82) is 0 Å². The van der Waals surface area contributed by atoms with E-state index in [9.17, 15) is 4.79 Å². The molecule has 2 fully saturated rings. The van der Waals surface area contributed by atoms with Crippen molar-refractivity contribution in [2.24, 2.45) is 0 Å². The van der Waals surface area contributed by atoms with Crippen LogP contribution in [0.1, 0.15) is 11.6 Å². The van der Waals surface area contributed by atoms with Gasteiger partial charge in [-0.3, -0.25) is 0 Å². The molecule has 1 aromatic carbocycles. The predicted molar refractivity (Wildman–Crippen MR) is 70.7 cm³/mol. The normalized spacial score (nSPS) is 23.7. The van der Waals surface area contributed by atoms with E-state index in [1.54, 1.807) is 6.33 Å². The zero-order chi connectivity index (χ0) is 12.8. The van der Waals surface area contributed by atoms with Crippen molar-refractivity contribution in [3.63, 3.8) is 0 Å². The van der Waals surface area contributed by atoms with E-state index >= 15 is 0 Å². The summed E-state index contributed by atoms with van der Waals surface area (Å²) in [5.41, 5.74) is 3.09. The van der Waals surface area contributed by atoms with Crippen LogP contribution >= 0.6 is 0 Å². The van der Waals surface area contributed by atoms with Crippen LogP contribution in [-0.4, -0.2) is 46.6 Å². The Balaban J connectivity index is 1.60. The minimum atomic E-state index is 0.0428. The highest BCUT2D eigenvalue weighted by Gasteiger charge is 2.36. The molecule has 0 aliphatic carbocycles. The second kappa shape index (κ2) is 3.96. The molecule has 6 nitrogen and oxygen atoms in total. The first-order valence-electron chi connectivity index (χ1n) is 6.52. The van der Waals surface area contributed by atoms with Crippen molar-refractivity contribution in [1.82, 2.24) is 25.5 Å². The van der Waals surface area contributed by atoms with Gasteiger partial charge in [0.05, 0.1) is 29.4 Å². The largest absolute Gasteiger partial charge is 0.345 e. The van der Waals surface area contributed by atoms with E-state index in [0.717, 1.165) is 36.2 Å². The van der Waals surface area contributed by atoms with Gasteiger partial charge in [0.15, 0.2) is 0 Å². The lowest BCUT2D eigenvalue weighted by molar-refractivity contribution is 0.172. The van der Waals surface area contributed by atoms with Crippen LogP contribution in [0.3, 0.4) is 0 Å². The quantitative estimate of drug-likeness (QED) is 0.737. The van der Waals surface area contributed by atoms with Crippen LogP contribution in [0.15, 0.2) is 24.5 Å². The molecule has 3 heterocycles. The molecule has 2 aliphatic rings. The molecule has 98 valence electrons. The predicted octanol–water partition coefficient (Wildman–Crippen LogP) is 0.601. The Morgan fingerprint density at radius 2 is 2.21 bits per heavy atom. The van der Waals surface area contributed by atoms with Gasteiger partial charge in [-0.2, -0.15) is 0 Å². The van der Waals surface area contributed by atoms with E-state index in [2.05, 4.69) is 26.7 Å². The molecule has 0 radical (unpaired) electrons. The molecule has 2 aliphatic heterocycles. The number of amides is 2. The number of H-pyrrole nitrogens is 1. The van der Waals surface area contributed by atoms with Crippen molar-refractivity contribution in [3.8, 4) is 0 Å². The summed E-state index contributed by atoms with van der Waals surface area (Å²) in [6, 6.07) is 6.55. The number of hydrogen-bond acceptors (Lipinski definition) is 3. The molecule has 1 atom stereocenters. The lowest BCUT2D eigenvalue weighted by Crippen LogP contribution is -2.57. The summed E-state index contributed by atoms with van der Waals surface area (Å²) in [4.78, 5) is 21.2. The minimum Gasteiger partial charge on any atom is -0.345 e. The Morgan fingerprint density at radius 3 is 3.00 bits per heavy atom. The molecule has 1 unspecified atom stereocenters. The Morgan fingerprint density at radius 1 is 1.32 bits per heavy atom. The van der Waals surface area contributed by atoms with Gasteiger partial charge in [0.2, 0.25) is 0 Å². The second-order valence-electron chi connectivity index (χ2n) is 5.15. The summed E-state index contributed by atoms with van der Waals surface area (Å²) in [7, 11) is 0. The highest BCUT2D eigenvalue weighted by Crippen LogP contribution is 2.24. The standard InChI is InChI=1S/C13H15N5O/c19-13-17-12(6-18(13)9-4-14-5-9)8-1-2-10-11(3-8)16-7-15-10/h1-3,7,9,12,14H,4-6H2,(H,15,16)(H,17,19). The zero-order valence-corrected chi connectivity index (χ0v) is 10.4. The third kappa shape index (κ3) is 1.67. The lowest BCUT2D eigenvalue weighted by atomic mass is 10.1. The van der Waals surface area contributed by atoms with Crippen LogP contribution in [0.2, 0.25) is 0 Å². The summed E-state index contributed by atoms with van der Waals surface area (Å²) < 4.78 is 0. The highest BCUT2D eigenvalue weighted by molar-refractivity contribution is 5.79. The molecule has 2 amide bonds. The Hall–Kier alpha value is -2.08. The van der Waals surface area contributed by atoms with E-state index < -0.39 is 0 Å². The third-order valence-electron chi connectivity index (χ3n) is 3.99. The molecule has 0 bridgehead atoms. The topological polar surface area (TPSA) is 73.0 Å². The first-order chi connectivity index (χ1) is 9.31. The molecular formula is C13H15N5O. The molecule has 1 aromatic heterocycles. The van der Waals surface area contributed by atoms with Gasteiger partial charge in [0, 0.05) is 19.6 Å². The molecule has 4 rings (SSSR count). The molecular weight excluding hydrogens is 242 g/mol. The number of aromatic nitrogens is 2. The van der Waals surface area contributed by atoms with Crippen LogP contribution in [-0.2, 0) is 0 Å². The van der Waals surface area contributed by atoms with Gasteiger partial charge in [-0.25, -0.2) is 9.78 Å². The van der Waals surface area contributed by atoms with Crippen molar-refractivity contribution in [2.75, 3.05) is 19.6 Å². The zero-order valence-electron chi connectivity index (χ0n) is 10.4. The molecule has 2 aromatic rings. The van der Waals surface area contributed by atoms with Crippen molar-refractivity contribution in [2.45, 2.75) is 12.1 Å². The lowest BCUT2D eigenvalue weighted by Gasteiger charge is -2.34. The van der Waals surface area contributed by atoms with Crippen molar-refractivity contribution in [3.05, 3.63) is 30.1 Å². The maximum absolute atomic E-state index is 12.0. The van der Waals surface area contributed by atoms with Gasteiger partial charge in [-0.05, 0) is 17.7 Å². The fourth-order valence-corrected chi connectivity index (χ4v) is 2.72. The minimum absolute atomic E-state index is 0.0428. The highest BCUT2D eigenvalue weighted by atomic mass is 16.2. The number of rotatable bonds is 2. The van der Waals surface area contributed by atoms with E-state index in [-0.39, 0.29) is 12.1 Å². The average Bonchev–Trinajstić information content (AvgIpc) is 2.93. The molecule has 0 saturated carbocycles. The van der Waals surface area contributed by atoms with E-state index in [0.29, 0.717) is 6.04 Å². The molecule has 3 N–H and O–H groups in total. The fourth-order valence-electron chi connectivity index (χ4n) is 2.72. The van der Waals surface area contributed by atoms with Gasteiger partial charge < -0.3 is 20.5 Å². The number of carbonyl (C=O) groups is 1. The second-order valence-corrected chi connectivity index (χ2v) is 5.15. The van der Waals surface area contributed by atoms with Gasteiger partial charge in [0.25, 0.3) is 0 Å². The Labute approximate surface area is 110 Å². The smallest absolute Gasteiger partial charge is 0.318 e. The summed E-state index contributed by atoms with van der Waals surface area (Å²) in [5, 5.41) is 6.25. The van der Waals surface area contributed by atoms with Crippen LogP contribution in [0.25, 0.3) is 11.0 Å². The summed E-state index contributed by atoms with van der Waals surface area (Å²) >= 11 is 0. The SMILES string of the molecule is O=C1NC(c2ccc3nc[nH]c3c2)CN1C1CNC1. The van der Waals surface area contributed by atoms with Crippen LogP contribution in [0.4, 0.5) is 4.79 Å². The average molecular weight is 257 g/mol. The van der Waals surface area contributed by atoms with Crippen LogP contribution in [0, 0.1) is 0 Å². The Bertz CT molecular complexity index is 633. The van der Waals surface area contributed by atoms with Gasteiger partial charge in [-0.15, -0.1) is 0 Å². The number of nitrogens with zero attached hydrogens (tertiary/aromatic N) is 2.